The molecule has 0 spiro atoms. The first kappa shape index (κ1) is 32.2. The van der Waals surface area contributed by atoms with Crippen LogP contribution >= 0.6 is 11.6 Å². The Morgan fingerprint density at radius 2 is 1.59 bits per heavy atom. The Kier molecular flexibility index (Phi) is 11.4. The molecule has 1 N–H and O–H groups in total. The molecule has 0 bridgehead atoms. The van der Waals surface area contributed by atoms with E-state index < -0.39 is 16.1 Å². The van der Waals surface area contributed by atoms with Crippen molar-refractivity contribution in [3.63, 3.8) is 0 Å². The summed E-state index contributed by atoms with van der Waals surface area (Å²) in [5.74, 6) is -0.446. The first-order valence-electron chi connectivity index (χ1n) is 13.8. The number of benzene rings is 3. The average Bonchev–Trinajstić information content (AvgIpc) is 2.90. The lowest BCUT2D eigenvalue weighted by Crippen LogP contribution is -2.51. The zero-order valence-electron chi connectivity index (χ0n) is 24.4. The molecule has 220 valence electrons. The zero-order valence-corrected chi connectivity index (χ0v) is 26.0. The Balaban J connectivity index is 1.89. The first-order valence-corrected chi connectivity index (χ1v) is 16.0. The number of carbonyl (C=O) groups excluding carboxylic acids is 2. The smallest absolute Gasteiger partial charge is 0.243 e. The maximum Gasteiger partial charge on any atom is 0.243 e. The molecule has 2 amide bonds. The van der Waals surface area contributed by atoms with E-state index in [-0.39, 0.29) is 43.8 Å². The van der Waals surface area contributed by atoms with E-state index in [1.165, 1.54) is 4.31 Å². The molecule has 41 heavy (non-hydrogen) atoms. The lowest BCUT2D eigenvalue weighted by Gasteiger charge is -2.32. The number of hydrogen-bond acceptors (Lipinski definition) is 4. The van der Waals surface area contributed by atoms with Gasteiger partial charge in [-0.05, 0) is 62.9 Å². The third-order valence-corrected chi connectivity index (χ3v) is 8.18. The van der Waals surface area contributed by atoms with Crippen molar-refractivity contribution in [2.45, 2.75) is 65.6 Å². The second-order valence-electron chi connectivity index (χ2n) is 10.7. The van der Waals surface area contributed by atoms with E-state index >= 15 is 0 Å². The molecule has 0 aliphatic carbocycles. The summed E-state index contributed by atoms with van der Waals surface area (Å²) in [6.07, 6.45) is 1.84. The van der Waals surface area contributed by atoms with E-state index in [0.29, 0.717) is 17.1 Å². The Morgan fingerprint density at radius 1 is 0.927 bits per heavy atom. The Bertz CT molecular complexity index is 1430. The summed E-state index contributed by atoms with van der Waals surface area (Å²) in [4.78, 5) is 29.0. The normalized spacial score (nSPS) is 12.2. The fourth-order valence-corrected chi connectivity index (χ4v) is 5.84. The van der Waals surface area contributed by atoms with E-state index in [1.807, 2.05) is 82.3 Å². The van der Waals surface area contributed by atoms with Crippen LogP contribution in [0.15, 0.2) is 72.8 Å². The summed E-state index contributed by atoms with van der Waals surface area (Å²) in [7, 11) is -3.63. The molecule has 0 aromatic heterocycles. The van der Waals surface area contributed by atoms with Crippen LogP contribution < -0.4 is 9.62 Å². The molecule has 0 aliphatic heterocycles. The van der Waals surface area contributed by atoms with Crippen molar-refractivity contribution in [2.24, 2.45) is 0 Å². The third-order valence-electron chi connectivity index (χ3n) is 6.77. The van der Waals surface area contributed by atoms with Crippen LogP contribution in [0.2, 0.25) is 5.02 Å². The van der Waals surface area contributed by atoms with E-state index in [0.717, 1.165) is 28.5 Å². The van der Waals surface area contributed by atoms with Crippen LogP contribution in [-0.4, -0.2) is 50.0 Å². The number of aryl methyl sites for hydroxylation is 2. The predicted molar refractivity (Wildman–Crippen MR) is 167 cm³/mol. The minimum absolute atomic E-state index is 0.0672. The molecule has 0 radical (unpaired) electrons. The number of amides is 2. The van der Waals surface area contributed by atoms with E-state index in [4.69, 9.17) is 11.6 Å². The molecule has 0 heterocycles. The third kappa shape index (κ3) is 9.61. The van der Waals surface area contributed by atoms with Gasteiger partial charge in [0.05, 0.1) is 11.9 Å². The van der Waals surface area contributed by atoms with E-state index in [1.54, 1.807) is 23.1 Å². The highest BCUT2D eigenvalue weighted by Gasteiger charge is 2.31. The number of sulfonamides is 1. The van der Waals surface area contributed by atoms with Gasteiger partial charge in [0.1, 0.15) is 6.04 Å². The molecule has 0 saturated heterocycles. The number of nitrogens with one attached hydrogen (secondary N) is 1. The Hall–Kier alpha value is -3.36. The van der Waals surface area contributed by atoms with Crippen molar-refractivity contribution in [3.8, 4) is 0 Å². The second-order valence-corrected chi connectivity index (χ2v) is 13.1. The molecule has 9 heteroatoms. The average molecular weight is 598 g/mol. The van der Waals surface area contributed by atoms with Gasteiger partial charge in [0.15, 0.2) is 0 Å². The Labute approximate surface area is 249 Å². The number of anilines is 1. The van der Waals surface area contributed by atoms with Crippen molar-refractivity contribution in [1.29, 1.82) is 0 Å². The van der Waals surface area contributed by atoms with Crippen LogP contribution in [0.25, 0.3) is 0 Å². The summed E-state index contributed by atoms with van der Waals surface area (Å²) in [5, 5.41) is 3.42. The topological polar surface area (TPSA) is 86.8 Å². The molecule has 3 aromatic carbocycles. The van der Waals surface area contributed by atoms with Crippen molar-refractivity contribution in [3.05, 3.63) is 100 Å². The van der Waals surface area contributed by atoms with Crippen LogP contribution in [0.3, 0.4) is 0 Å². The van der Waals surface area contributed by atoms with Gasteiger partial charge in [-0.1, -0.05) is 77.8 Å². The van der Waals surface area contributed by atoms with Gasteiger partial charge in [0.25, 0.3) is 0 Å². The number of rotatable bonds is 13. The summed E-state index contributed by atoms with van der Waals surface area (Å²) in [6, 6.07) is 21.8. The van der Waals surface area contributed by atoms with Gasteiger partial charge in [0, 0.05) is 37.0 Å². The van der Waals surface area contributed by atoms with Gasteiger partial charge in [0.2, 0.25) is 21.8 Å². The highest BCUT2D eigenvalue weighted by Crippen LogP contribution is 2.27. The van der Waals surface area contributed by atoms with Crippen molar-refractivity contribution < 1.29 is 18.0 Å². The lowest BCUT2D eigenvalue weighted by molar-refractivity contribution is -0.141. The van der Waals surface area contributed by atoms with Crippen LogP contribution in [0.1, 0.15) is 48.9 Å². The van der Waals surface area contributed by atoms with Gasteiger partial charge in [-0.3, -0.25) is 13.9 Å². The van der Waals surface area contributed by atoms with E-state index in [2.05, 4.69) is 5.32 Å². The predicted octanol–water partition coefficient (Wildman–Crippen LogP) is 5.67. The number of hydrogen-bond donors (Lipinski definition) is 1. The maximum atomic E-state index is 13.9. The molecule has 0 fully saturated rings. The number of carbonyl (C=O) groups is 2. The SMILES string of the molecule is Cc1ccc(CN(C(=O)CCCN(c2cc(Cl)ccc2C)S(C)(=O)=O)[C@H](Cc2ccccc2)C(=O)NC(C)C)cc1. The van der Waals surface area contributed by atoms with Crippen LogP contribution in [0.5, 0.6) is 0 Å². The highest BCUT2D eigenvalue weighted by molar-refractivity contribution is 7.92. The van der Waals surface area contributed by atoms with Crippen molar-refractivity contribution in [1.82, 2.24) is 10.2 Å². The standard InChI is InChI=1S/C32H40ClN3O4S/c1-23(2)34-32(38)30(20-26-10-7-6-8-11-26)35(22-27-16-13-24(3)14-17-27)31(37)12-9-19-36(41(5,39)40)29-21-28(33)18-15-25(29)4/h6-8,10-11,13-18,21,23,30H,9,12,19-20,22H2,1-5H3,(H,34,38)/t30-/m1/s1. The second kappa shape index (κ2) is 14.5. The number of halogens is 1. The molecule has 7 nitrogen and oxygen atoms in total. The van der Waals surface area contributed by atoms with Crippen LogP contribution in [-0.2, 0) is 32.6 Å². The first-order chi connectivity index (χ1) is 19.3. The van der Waals surface area contributed by atoms with Gasteiger partial charge in [-0.15, -0.1) is 0 Å². The molecular weight excluding hydrogens is 558 g/mol. The van der Waals surface area contributed by atoms with Gasteiger partial charge in [-0.25, -0.2) is 8.42 Å². The van der Waals surface area contributed by atoms with Gasteiger partial charge < -0.3 is 10.2 Å². The summed E-state index contributed by atoms with van der Waals surface area (Å²) < 4.78 is 26.7. The maximum absolute atomic E-state index is 13.9. The Morgan fingerprint density at radius 3 is 2.20 bits per heavy atom. The fourth-order valence-electron chi connectivity index (χ4n) is 4.66. The van der Waals surface area contributed by atoms with Crippen molar-refractivity contribution >= 4 is 39.1 Å². The highest BCUT2D eigenvalue weighted by atomic mass is 35.5. The van der Waals surface area contributed by atoms with Crippen LogP contribution in [0, 0.1) is 13.8 Å². The minimum Gasteiger partial charge on any atom is -0.352 e. The number of nitrogens with zero attached hydrogens (tertiary/aromatic N) is 2. The van der Waals surface area contributed by atoms with Gasteiger partial charge in [-0.2, -0.15) is 0 Å². The molecule has 3 rings (SSSR count). The van der Waals surface area contributed by atoms with Crippen LogP contribution in [0.4, 0.5) is 5.69 Å². The molecule has 1 atom stereocenters. The van der Waals surface area contributed by atoms with Crippen molar-refractivity contribution in [2.75, 3.05) is 17.1 Å². The summed E-state index contributed by atoms with van der Waals surface area (Å²) in [5.41, 5.74) is 4.20. The molecule has 3 aromatic rings. The molecule has 0 saturated carbocycles. The summed E-state index contributed by atoms with van der Waals surface area (Å²) in [6.45, 7) is 7.95. The molecule has 0 unspecified atom stereocenters. The summed E-state index contributed by atoms with van der Waals surface area (Å²) >= 11 is 6.17. The lowest BCUT2D eigenvalue weighted by atomic mass is 10.0. The molecular formula is C32H40ClN3O4S. The zero-order chi connectivity index (χ0) is 30.2. The van der Waals surface area contributed by atoms with Gasteiger partial charge >= 0.3 is 0 Å². The van der Waals surface area contributed by atoms with E-state index in [9.17, 15) is 18.0 Å². The largest absolute Gasteiger partial charge is 0.352 e. The molecule has 0 aliphatic rings. The minimum atomic E-state index is -3.63. The fraction of sp³-hybridized carbons (Fsp3) is 0.375. The quantitative estimate of drug-likeness (QED) is 0.275. The monoisotopic (exact) mass is 597 g/mol.